The molecule has 0 amide bonds. The Kier molecular flexibility index (Phi) is 3.53. The largest absolute Gasteiger partial charge is 0.256 e. The standard InChI is InChI=1S/C28H25N/c1-18-11-27(29-17-19(18)2)24-12-20-7-5-6-10-23(20)25-15-28(16-26(24)25)13-21-8-3-4-9-22(21)14-28/h3-12,17H,13-16H2,1-2H3. The summed E-state index contributed by atoms with van der Waals surface area (Å²) in [6.45, 7) is 4.33. The number of pyridine rings is 1. The Morgan fingerprint density at radius 1 is 0.724 bits per heavy atom. The van der Waals surface area contributed by atoms with Crippen LogP contribution in [0.3, 0.4) is 0 Å². The highest BCUT2D eigenvalue weighted by atomic mass is 14.7. The number of hydrogen-bond acceptors (Lipinski definition) is 1. The van der Waals surface area contributed by atoms with E-state index in [2.05, 4.69) is 74.5 Å². The molecule has 4 aromatic rings. The molecule has 1 heterocycles. The smallest absolute Gasteiger partial charge is 0.0707 e. The molecule has 0 unspecified atom stereocenters. The molecule has 0 aliphatic heterocycles. The zero-order valence-electron chi connectivity index (χ0n) is 17.1. The van der Waals surface area contributed by atoms with Crippen molar-refractivity contribution in [2.75, 3.05) is 0 Å². The van der Waals surface area contributed by atoms with E-state index in [-0.39, 0.29) is 0 Å². The third-order valence-electron chi connectivity index (χ3n) is 7.28. The van der Waals surface area contributed by atoms with Gasteiger partial charge in [0.2, 0.25) is 0 Å². The fourth-order valence-corrected chi connectivity index (χ4v) is 5.70. The molecular weight excluding hydrogens is 350 g/mol. The number of benzene rings is 3. The minimum atomic E-state index is 0.338. The SMILES string of the molecule is Cc1cnc(-c2cc3ccccc3c3c2CC2(Cc4ccccc4C2)C3)cc1C. The van der Waals surface area contributed by atoms with Crippen LogP contribution in [0, 0.1) is 19.3 Å². The fraction of sp³-hybridized carbons (Fsp3) is 0.250. The van der Waals surface area contributed by atoms with Gasteiger partial charge >= 0.3 is 0 Å². The summed E-state index contributed by atoms with van der Waals surface area (Å²) in [6, 6.07) is 22.6. The Morgan fingerprint density at radius 2 is 1.41 bits per heavy atom. The van der Waals surface area contributed by atoms with Crippen molar-refractivity contribution in [3.63, 3.8) is 0 Å². The van der Waals surface area contributed by atoms with Crippen LogP contribution in [0.1, 0.15) is 33.4 Å². The van der Waals surface area contributed by atoms with E-state index in [1.165, 1.54) is 52.3 Å². The van der Waals surface area contributed by atoms with E-state index in [0.717, 1.165) is 12.1 Å². The van der Waals surface area contributed by atoms with Crippen molar-refractivity contribution in [2.45, 2.75) is 39.5 Å². The van der Waals surface area contributed by atoms with E-state index >= 15 is 0 Å². The molecule has 1 nitrogen and oxygen atoms in total. The summed E-state index contributed by atoms with van der Waals surface area (Å²) in [7, 11) is 0. The Morgan fingerprint density at radius 3 is 2.17 bits per heavy atom. The normalized spacial score (nSPS) is 16.3. The molecule has 142 valence electrons. The average molecular weight is 376 g/mol. The monoisotopic (exact) mass is 375 g/mol. The van der Waals surface area contributed by atoms with Gasteiger partial charge in [-0.25, -0.2) is 0 Å². The van der Waals surface area contributed by atoms with Crippen LogP contribution in [0.5, 0.6) is 0 Å². The van der Waals surface area contributed by atoms with Gasteiger partial charge in [-0.3, -0.25) is 4.98 Å². The van der Waals surface area contributed by atoms with Gasteiger partial charge in [0.1, 0.15) is 0 Å². The lowest BCUT2D eigenvalue weighted by molar-refractivity contribution is 0.327. The van der Waals surface area contributed by atoms with Gasteiger partial charge in [0, 0.05) is 11.8 Å². The van der Waals surface area contributed by atoms with Gasteiger partial charge in [0.25, 0.3) is 0 Å². The van der Waals surface area contributed by atoms with Crippen molar-refractivity contribution < 1.29 is 0 Å². The summed E-state index contributed by atoms with van der Waals surface area (Å²) in [5, 5.41) is 2.77. The van der Waals surface area contributed by atoms with E-state index < -0.39 is 0 Å². The van der Waals surface area contributed by atoms with E-state index in [4.69, 9.17) is 4.98 Å². The number of rotatable bonds is 1. The molecule has 0 saturated carbocycles. The van der Waals surface area contributed by atoms with Crippen LogP contribution in [-0.4, -0.2) is 4.98 Å². The first-order valence-electron chi connectivity index (χ1n) is 10.7. The van der Waals surface area contributed by atoms with Gasteiger partial charge in [-0.1, -0.05) is 48.5 Å². The number of aromatic nitrogens is 1. The van der Waals surface area contributed by atoms with Crippen LogP contribution in [-0.2, 0) is 25.7 Å². The number of hydrogen-bond donors (Lipinski definition) is 0. The first-order valence-corrected chi connectivity index (χ1v) is 10.7. The lowest BCUT2D eigenvalue weighted by Gasteiger charge is -2.22. The number of aryl methyl sites for hydroxylation is 2. The van der Waals surface area contributed by atoms with Gasteiger partial charge in [-0.15, -0.1) is 0 Å². The Balaban J connectivity index is 1.54. The zero-order chi connectivity index (χ0) is 19.6. The van der Waals surface area contributed by atoms with Crippen molar-refractivity contribution in [3.8, 4) is 11.3 Å². The topological polar surface area (TPSA) is 12.9 Å². The first-order chi connectivity index (χ1) is 14.1. The second-order valence-electron chi connectivity index (χ2n) is 9.23. The van der Waals surface area contributed by atoms with Gasteiger partial charge in [-0.2, -0.15) is 0 Å². The van der Waals surface area contributed by atoms with Crippen molar-refractivity contribution in [1.29, 1.82) is 0 Å². The van der Waals surface area contributed by atoms with Gasteiger partial charge in [-0.05, 0) is 101 Å². The predicted molar refractivity (Wildman–Crippen MR) is 120 cm³/mol. The van der Waals surface area contributed by atoms with E-state index in [1.54, 1.807) is 16.7 Å². The first kappa shape index (κ1) is 17.0. The zero-order valence-corrected chi connectivity index (χ0v) is 17.1. The van der Waals surface area contributed by atoms with Gasteiger partial charge in [0.05, 0.1) is 5.69 Å². The predicted octanol–water partition coefficient (Wildman–Crippen LogP) is 6.40. The highest BCUT2D eigenvalue weighted by molar-refractivity contribution is 5.93. The maximum absolute atomic E-state index is 4.85. The van der Waals surface area contributed by atoms with Gasteiger partial charge in [0.15, 0.2) is 0 Å². The summed E-state index contributed by atoms with van der Waals surface area (Å²) in [4.78, 5) is 4.85. The molecule has 2 aliphatic carbocycles. The van der Waals surface area contributed by atoms with Crippen LogP contribution < -0.4 is 0 Å². The maximum atomic E-state index is 4.85. The molecule has 1 aromatic heterocycles. The second-order valence-corrected chi connectivity index (χ2v) is 9.23. The summed E-state index contributed by atoms with van der Waals surface area (Å²) in [5.74, 6) is 0. The molecule has 2 aliphatic rings. The third-order valence-corrected chi connectivity index (χ3v) is 7.28. The Hall–Kier alpha value is -2.93. The van der Waals surface area contributed by atoms with Crippen LogP contribution in [0.4, 0.5) is 0 Å². The third kappa shape index (κ3) is 2.57. The number of nitrogens with zero attached hydrogens (tertiary/aromatic N) is 1. The molecule has 29 heavy (non-hydrogen) atoms. The van der Waals surface area contributed by atoms with E-state index in [0.29, 0.717) is 5.41 Å². The van der Waals surface area contributed by atoms with E-state index in [9.17, 15) is 0 Å². The van der Waals surface area contributed by atoms with Crippen molar-refractivity contribution in [3.05, 3.63) is 100 Å². The van der Waals surface area contributed by atoms with Crippen LogP contribution in [0.25, 0.3) is 22.0 Å². The minimum absolute atomic E-state index is 0.338. The van der Waals surface area contributed by atoms with Crippen molar-refractivity contribution >= 4 is 10.8 Å². The van der Waals surface area contributed by atoms with Crippen molar-refractivity contribution in [1.82, 2.24) is 4.98 Å². The fourth-order valence-electron chi connectivity index (χ4n) is 5.70. The Bertz CT molecular complexity index is 1260. The molecule has 0 bridgehead atoms. The van der Waals surface area contributed by atoms with Crippen molar-refractivity contribution in [2.24, 2.45) is 5.41 Å². The molecule has 3 aromatic carbocycles. The molecule has 1 heteroatoms. The summed E-state index contributed by atoms with van der Waals surface area (Å²) >= 11 is 0. The molecular formula is C28H25N. The van der Waals surface area contributed by atoms with Crippen LogP contribution in [0.15, 0.2) is 66.9 Å². The van der Waals surface area contributed by atoms with Crippen LogP contribution in [0.2, 0.25) is 0 Å². The van der Waals surface area contributed by atoms with Gasteiger partial charge < -0.3 is 0 Å². The molecule has 0 fully saturated rings. The highest BCUT2D eigenvalue weighted by Crippen LogP contribution is 2.51. The lowest BCUT2D eigenvalue weighted by Crippen LogP contribution is -2.21. The molecule has 0 N–H and O–H groups in total. The molecule has 1 spiro atoms. The minimum Gasteiger partial charge on any atom is -0.256 e. The van der Waals surface area contributed by atoms with Crippen LogP contribution >= 0.6 is 0 Å². The summed E-state index contributed by atoms with van der Waals surface area (Å²) in [5.41, 5.74) is 11.6. The maximum Gasteiger partial charge on any atom is 0.0707 e. The quantitative estimate of drug-likeness (QED) is 0.375. The van der Waals surface area contributed by atoms with E-state index in [1.807, 2.05) is 6.20 Å². The summed E-state index contributed by atoms with van der Waals surface area (Å²) in [6.07, 6.45) is 6.77. The second kappa shape index (κ2) is 6.03. The molecule has 0 atom stereocenters. The summed E-state index contributed by atoms with van der Waals surface area (Å²) < 4.78 is 0. The molecule has 0 radical (unpaired) electrons. The molecule has 0 saturated heterocycles. The Labute approximate surface area is 172 Å². The highest BCUT2D eigenvalue weighted by Gasteiger charge is 2.43. The lowest BCUT2D eigenvalue weighted by atomic mass is 9.81. The average Bonchev–Trinajstić information content (AvgIpc) is 3.28. The molecule has 6 rings (SSSR count). The number of fused-ring (bicyclic) bond motifs is 4.